The van der Waals surface area contributed by atoms with Crippen LogP contribution in [-0.4, -0.2) is 73.0 Å². The summed E-state index contributed by atoms with van der Waals surface area (Å²) in [5.74, 6) is 2.50. The number of carbonyl (C=O) groups excluding carboxylic acids is 1. The summed E-state index contributed by atoms with van der Waals surface area (Å²) in [6, 6.07) is 6.35. The molecule has 2 heterocycles. The molecule has 5 heteroatoms. The van der Waals surface area contributed by atoms with Crippen molar-refractivity contribution >= 4 is 5.91 Å². The Hall–Kier alpha value is -1.59. The van der Waals surface area contributed by atoms with Gasteiger partial charge < -0.3 is 9.64 Å². The average Bonchev–Trinajstić information content (AvgIpc) is 2.67. The van der Waals surface area contributed by atoms with E-state index in [2.05, 4.69) is 60.6 Å². The van der Waals surface area contributed by atoms with E-state index in [0.717, 1.165) is 51.6 Å². The van der Waals surface area contributed by atoms with E-state index >= 15 is 0 Å². The molecule has 1 aromatic rings. The second kappa shape index (κ2) is 9.27. The van der Waals surface area contributed by atoms with E-state index in [1.54, 1.807) is 7.11 Å². The Kier molecular flexibility index (Phi) is 7.00. The summed E-state index contributed by atoms with van der Waals surface area (Å²) in [6.07, 6.45) is 1.24. The van der Waals surface area contributed by atoms with E-state index in [1.165, 1.54) is 17.5 Å². The topological polar surface area (TPSA) is 36.0 Å². The van der Waals surface area contributed by atoms with Crippen LogP contribution in [0.5, 0.6) is 5.75 Å². The normalized spacial score (nSPS) is 25.5. The van der Waals surface area contributed by atoms with Gasteiger partial charge >= 0.3 is 0 Å². The van der Waals surface area contributed by atoms with Crippen LogP contribution in [0.3, 0.4) is 0 Å². The van der Waals surface area contributed by atoms with Crippen LogP contribution in [-0.2, 0) is 11.3 Å². The summed E-state index contributed by atoms with van der Waals surface area (Å²) in [5, 5.41) is 0. The second-order valence-electron chi connectivity index (χ2n) is 8.99. The van der Waals surface area contributed by atoms with Crippen molar-refractivity contribution in [1.29, 1.82) is 0 Å². The molecule has 1 amide bonds. The van der Waals surface area contributed by atoms with Crippen LogP contribution in [0.4, 0.5) is 0 Å². The molecular formula is C23H37N3O2. The summed E-state index contributed by atoms with van der Waals surface area (Å²) in [4.78, 5) is 20.0. The van der Waals surface area contributed by atoms with Gasteiger partial charge in [-0.05, 0) is 38.2 Å². The van der Waals surface area contributed by atoms with E-state index < -0.39 is 0 Å². The Balaban J connectivity index is 1.53. The predicted octanol–water partition coefficient (Wildman–Crippen LogP) is 3.01. The molecule has 0 saturated carbocycles. The third-order valence-electron chi connectivity index (χ3n) is 6.32. The summed E-state index contributed by atoms with van der Waals surface area (Å²) in [7, 11) is 1.74. The van der Waals surface area contributed by atoms with Gasteiger partial charge in [-0.15, -0.1) is 0 Å². The monoisotopic (exact) mass is 387 g/mol. The predicted molar refractivity (Wildman–Crippen MR) is 114 cm³/mol. The van der Waals surface area contributed by atoms with Crippen molar-refractivity contribution in [3.63, 3.8) is 0 Å². The Morgan fingerprint density at radius 3 is 2.39 bits per heavy atom. The van der Waals surface area contributed by atoms with Crippen LogP contribution in [0.25, 0.3) is 0 Å². The summed E-state index contributed by atoms with van der Waals surface area (Å²) < 4.78 is 5.53. The van der Waals surface area contributed by atoms with Crippen LogP contribution in [0, 0.1) is 18.8 Å². The largest absolute Gasteiger partial charge is 0.496 e. The molecule has 0 aliphatic carbocycles. The number of hydrogen-bond acceptors (Lipinski definition) is 4. The zero-order valence-electron chi connectivity index (χ0n) is 18.3. The third-order valence-corrected chi connectivity index (χ3v) is 6.32. The molecule has 3 atom stereocenters. The maximum Gasteiger partial charge on any atom is 0.239 e. The van der Waals surface area contributed by atoms with Crippen LogP contribution >= 0.6 is 0 Å². The summed E-state index contributed by atoms with van der Waals surface area (Å²) in [6.45, 7) is 15.3. The smallest absolute Gasteiger partial charge is 0.239 e. The highest BCUT2D eigenvalue weighted by molar-refractivity contribution is 5.81. The number of aryl methyl sites for hydroxylation is 1. The van der Waals surface area contributed by atoms with E-state index in [-0.39, 0.29) is 6.04 Å². The highest BCUT2D eigenvalue weighted by Gasteiger charge is 2.32. The average molecular weight is 388 g/mol. The summed E-state index contributed by atoms with van der Waals surface area (Å²) >= 11 is 0. The molecule has 28 heavy (non-hydrogen) atoms. The lowest BCUT2D eigenvalue weighted by atomic mass is 9.91. The molecule has 0 spiro atoms. The first-order chi connectivity index (χ1) is 13.4. The SMILES string of the molecule is COc1ccc(C)cc1CN1CCN([C@@H](C)C(=O)N2C[C@@H](C)C[C@H](C)C2)CC1. The minimum atomic E-state index is -0.0202. The second-order valence-corrected chi connectivity index (χ2v) is 8.99. The van der Waals surface area contributed by atoms with Gasteiger partial charge in [0.05, 0.1) is 13.2 Å². The first-order valence-corrected chi connectivity index (χ1v) is 10.8. The van der Waals surface area contributed by atoms with Crippen LogP contribution in [0.2, 0.25) is 0 Å². The molecule has 5 nitrogen and oxygen atoms in total. The number of hydrogen-bond donors (Lipinski definition) is 0. The van der Waals surface area contributed by atoms with Gasteiger partial charge in [0.15, 0.2) is 0 Å². The minimum Gasteiger partial charge on any atom is -0.496 e. The Labute approximate surface area is 170 Å². The van der Waals surface area contributed by atoms with Gasteiger partial charge in [0.25, 0.3) is 0 Å². The standard InChI is InChI=1S/C23H37N3O2/c1-17-6-7-22(28-5)21(13-17)16-24-8-10-25(11-9-24)20(4)23(27)26-14-18(2)12-19(3)15-26/h6-7,13,18-20H,8-12,14-16H2,1-5H3/t18-,19-,20-/m0/s1. The Morgan fingerprint density at radius 1 is 1.14 bits per heavy atom. The number of ether oxygens (including phenoxy) is 1. The van der Waals surface area contributed by atoms with E-state index in [0.29, 0.717) is 17.7 Å². The maximum absolute atomic E-state index is 13.0. The number of piperidine rings is 1. The van der Waals surface area contributed by atoms with Crippen molar-refractivity contribution < 1.29 is 9.53 Å². The maximum atomic E-state index is 13.0. The third kappa shape index (κ3) is 5.06. The molecule has 2 aliphatic rings. The van der Waals surface area contributed by atoms with E-state index in [1.807, 2.05) is 0 Å². The zero-order valence-corrected chi connectivity index (χ0v) is 18.3. The fraction of sp³-hybridized carbons (Fsp3) is 0.696. The van der Waals surface area contributed by atoms with Gasteiger partial charge in [-0.1, -0.05) is 31.5 Å². The molecule has 3 rings (SSSR count). The number of amides is 1. The summed E-state index contributed by atoms with van der Waals surface area (Å²) in [5.41, 5.74) is 2.51. The molecule has 156 valence electrons. The fourth-order valence-electron chi connectivity index (χ4n) is 4.84. The zero-order chi connectivity index (χ0) is 20.3. The van der Waals surface area contributed by atoms with Gasteiger partial charge in [-0.25, -0.2) is 0 Å². The van der Waals surface area contributed by atoms with Crippen LogP contribution in [0.1, 0.15) is 38.3 Å². The van der Waals surface area contributed by atoms with E-state index in [4.69, 9.17) is 4.74 Å². The number of rotatable bonds is 5. The van der Waals surface area contributed by atoms with Gasteiger partial charge in [-0.2, -0.15) is 0 Å². The van der Waals surface area contributed by atoms with Crippen molar-refractivity contribution in [2.24, 2.45) is 11.8 Å². The highest BCUT2D eigenvalue weighted by Crippen LogP contribution is 2.24. The quantitative estimate of drug-likeness (QED) is 0.778. The number of piperazine rings is 1. The van der Waals surface area contributed by atoms with E-state index in [9.17, 15) is 4.79 Å². The van der Waals surface area contributed by atoms with Gasteiger partial charge in [-0.3, -0.25) is 14.6 Å². The lowest BCUT2D eigenvalue weighted by Crippen LogP contribution is -2.56. The number of benzene rings is 1. The Morgan fingerprint density at radius 2 is 1.79 bits per heavy atom. The van der Waals surface area contributed by atoms with Gasteiger partial charge in [0, 0.05) is 51.4 Å². The van der Waals surface area contributed by atoms with Crippen molar-refractivity contribution in [1.82, 2.24) is 14.7 Å². The molecule has 0 N–H and O–H groups in total. The molecule has 0 aromatic heterocycles. The molecule has 0 bridgehead atoms. The molecule has 1 aromatic carbocycles. The lowest BCUT2D eigenvalue weighted by molar-refractivity contribution is -0.139. The van der Waals surface area contributed by atoms with Crippen LogP contribution < -0.4 is 4.74 Å². The molecule has 0 unspecified atom stereocenters. The number of carbonyl (C=O) groups is 1. The molecular weight excluding hydrogens is 350 g/mol. The highest BCUT2D eigenvalue weighted by atomic mass is 16.5. The molecule has 2 saturated heterocycles. The molecule has 2 aliphatic heterocycles. The lowest BCUT2D eigenvalue weighted by Gasteiger charge is -2.41. The van der Waals surface area contributed by atoms with Crippen molar-refractivity contribution in [2.75, 3.05) is 46.4 Å². The number of nitrogens with zero attached hydrogens (tertiary/aromatic N) is 3. The van der Waals surface area contributed by atoms with Crippen molar-refractivity contribution in [3.8, 4) is 5.75 Å². The Bertz CT molecular complexity index is 660. The van der Waals surface area contributed by atoms with Crippen molar-refractivity contribution in [3.05, 3.63) is 29.3 Å². The molecule has 2 fully saturated rings. The fourth-order valence-corrected chi connectivity index (χ4v) is 4.84. The molecule has 0 radical (unpaired) electrons. The minimum absolute atomic E-state index is 0.0202. The van der Waals surface area contributed by atoms with Gasteiger partial charge in [0.1, 0.15) is 5.75 Å². The van der Waals surface area contributed by atoms with Crippen molar-refractivity contribution in [2.45, 2.75) is 46.7 Å². The number of methoxy groups -OCH3 is 1. The first-order valence-electron chi connectivity index (χ1n) is 10.8. The number of likely N-dealkylation sites (tertiary alicyclic amines) is 1. The van der Waals surface area contributed by atoms with Gasteiger partial charge in [0.2, 0.25) is 5.91 Å². The van der Waals surface area contributed by atoms with Crippen LogP contribution in [0.15, 0.2) is 18.2 Å². The first kappa shape index (κ1) is 21.1.